The van der Waals surface area contributed by atoms with Gasteiger partial charge in [-0.2, -0.15) is 4.80 Å². The van der Waals surface area contributed by atoms with E-state index in [1.807, 2.05) is 12.1 Å². The molecule has 0 saturated carbocycles. The lowest BCUT2D eigenvalue weighted by molar-refractivity contribution is 0.0927. The van der Waals surface area contributed by atoms with E-state index in [4.69, 9.17) is 0 Å². The minimum Gasteiger partial charge on any atom is -0.348 e. The van der Waals surface area contributed by atoms with Crippen LogP contribution in [0.1, 0.15) is 28.4 Å². The SMILES string of the molecule is C[C@@H](CN1CCc2ccccc2C1)NC(=O)c1ccc(-c2nnn(C)n2)cc1. The molecule has 1 aromatic heterocycles. The van der Waals surface area contributed by atoms with Crippen molar-refractivity contribution < 1.29 is 4.79 Å². The lowest BCUT2D eigenvalue weighted by Crippen LogP contribution is -2.43. The Balaban J connectivity index is 1.33. The molecule has 2 heterocycles. The van der Waals surface area contributed by atoms with E-state index in [1.165, 1.54) is 15.9 Å². The standard InChI is InChI=1S/C21H24N6O/c1-15(13-27-12-11-16-5-3-4-6-19(16)14-27)22-21(28)18-9-7-17(8-10-18)20-23-25-26(2)24-20/h3-10,15H,11-14H2,1-2H3,(H,22,28)/t15-/m0/s1. The van der Waals surface area contributed by atoms with E-state index in [0.29, 0.717) is 11.4 Å². The number of aryl methyl sites for hydroxylation is 1. The van der Waals surface area contributed by atoms with Gasteiger partial charge in [0.15, 0.2) is 0 Å². The predicted molar refractivity (Wildman–Crippen MR) is 107 cm³/mol. The van der Waals surface area contributed by atoms with E-state index in [1.54, 1.807) is 19.2 Å². The number of aromatic nitrogens is 4. The van der Waals surface area contributed by atoms with Crippen molar-refractivity contribution in [1.82, 2.24) is 30.4 Å². The van der Waals surface area contributed by atoms with Crippen LogP contribution in [0.2, 0.25) is 0 Å². The number of carbonyl (C=O) groups excluding carboxylic acids is 1. The molecule has 0 unspecified atom stereocenters. The summed E-state index contributed by atoms with van der Waals surface area (Å²) in [5, 5.41) is 15.1. The second kappa shape index (κ2) is 7.90. The fourth-order valence-electron chi connectivity index (χ4n) is 3.62. The summed E-state index contributed by atoms with van der Waals surface area (Å²) in [6, 6.07) is 15.9. The second-order valence-electron chi connectivity index (χ2n) is 7.31. The summed E-state index contributed by atoms with van der Waals surface area (Å²) in [6.07, 6.45) is 1.06. The summed E-state index contributed by atoms with van der Waals surface area (Å²) in [5.74, 6) is 0.483. The Kier molecular flexibility index (Phi) is 5.16. The lowest BCUT2D eigenvalue weighted by atomic mass is 9.99. The Hall–Kier alpha value is -3.06. The van der Waals surface area contributed by atoms with Gasteiger partial charge in [-0.15, -0.1) is 10.2 Å². The zero-order chi connectivity index (χ0) is 19.5. The minimum atomic E-state index is -0.0661. The number of tetrazole rings is 1. The highest BCUT2D eigenvalue weighted by molar-refractivity contribution is 5.94. The van der Waals surface area contributed by atoms with E-state index in [-0.39, 0.29) is 11.9 Å². The van der Waals surface area contributed by atoms with Crippen LogP contribution in [0, 0.1) is 0 Å². The molecule has 0 fully saturated rings. The topological polar surface area (TPSA) is 75.9 Å². The fraction of sp³-hybridized carbons (Fsp3) is 0.333. The number of hydrogen-bond acceptors (Lipinski definition) is 5. The first kappa shape index (κ1) is 18.3. The van der Waals surface area contributed by atoms with E-state index in [9.17, 15) is 4.79 Å². The monoisotopic (exact) mass is 376 g/mol. The highest BCUT2D eigenvalue weighted by Gasteiger charge is 2.19. The van der Waals surface area contributed by atoms with Crippen molar-refractivity contribution in [2.45, 2.75) is 25.9 Å². The van der Waals surface area contributed by atoms with E-state index >= 15 is 0 Å². The van der Waals surface area contributed by atoms with Gasteiger partial charge < -0.3 is 5.32 Å². The van der Waals surface area contributed by atoms with Gasteiger partial charge in [0.05, 0.1) is 7.05 Å². The van der Waals surface area contributed by atoms with Gasteiger partial charge in [0.2, 0.25) is 5.82 Å². The highest BCUT2D eigenvalue weighted by atomic mass is 16.1. The van der Waals surface area contributed by atoms with E-state index < -0.39 is 0 Å². The third-order valence-corrected chi connectivity index (χ3v) is 5.03. The number of benzene rings is 2. The van der Waals surface area contributed by atoms with Crippen LogP contribution in [0.3, 0.4) is 0 Å². The van der Waals surface area contributed by atoms with Crippen molar-refractivity contribution in [2.24, 2.45) is 7.05 Å². The molecule has 1 aliphatic heterocycles. The highest BCUT2D eigenvalue weighted by Crippen LogP contribution is 2.18. The van der Waals surface area contributed by atoms with Crippen LogP contribution in [-0.2, 0) is 20.0 Å². The van der Waals surface area contributed by atoms with E-state index in [0.717, 1.165) is 31.6 Å². The van der Waals surface area contributed by atoms with Crippen LogP contribution in [-0.4, -0.2) is 50.1 Å². The van der Waals surface area contributed by atoms with Crippen molar-refractivity contribution >= 4 is 5.91 Å². The maximum Gasteiger partial charge on any atom is 0.251 e. The molecule has 1 atom stereocenters. The molecule has 0 spiro atoms. The second-order valence-corrected chi connectivity index (χ2v) is 7.31. The molecule has 4 rings (SSSR count). The summed E-state index contributed by atoms with van der Waals surface area (Å²) >= 11 is 0. The summed E-state index contributed by atoms with van der Waals surface area (Å²) in [7, 11) is 1.72. The maximum absolute atomic E-state index is 12.6. The van der Waals surface area contributed by atoms with Gasteiger partial charge in [-0.25, -0.2) is 0 Å². The van der Waals surface area contributed by atoms with Crippen LogP contribution in [0.4, 0.5) is 0 Å². The largest absolute Gasteiger partial charge is 0.348 e. The maximum atomic E-state index is 12.6. The normalized spacial score (nSPS) is 15.1. The van der Waals surface area contributed by atoms with Crippen LogP contribution in [0.5, 0.6) is 0 Å². The minimum absolute atomic E-state index is 0.0661. The number of rotatable bonds is 5. The molecular weight excluding hydrogens is 352 g/mol. The molecule has 0 aliphatic carbocycles. The van der Waals surface area contributed by atoms with Crippen molar-refractivity contribution in [3.63, 3.8) is 0 Å². The molecule has 2 aromatic carbocycles. The smallest absolute Gasteiger partial charge is 0.251 e. The average Bonchev–Trinajstić information content (AvgIpc) is 3.14. The number of carbonyl (C=O) groups is 1. The molecule has 0 bridgehead atoms. The Morgan fingerprint density at radius 2 is 1.89 bits per heavy atom. The average molecular weight is 376 g/mol. The van der Waals surface area contributed by atoms with Crippen molar-refractivity contribution in [1.29, 1.82) is 0 Å². The van der Waals surface area contributed by atoms with Crippen LogP contribution >= 0.6 is 0 Å². The first-order chi connectivity index (χ1) is 13.6. The first-order valence-electron chi connectivity index (χ1n) is 9.53. The quantitative estimate of drug-likeness (QED) is 0.738. The zero-order valence-corrected chi connectivity index (χ0v) is 16.2. The number of nitrogens with zero attached hydrogens (tertiary/aromatic N) is 5. The molecule has 1 amide bonds. The van der Waals surface area contributed by atoms with Gasteiger partial charge >= 0.3 is 0 Å². The van der Waals surface area contributed by atoms with Crippen molar-refractivity contribution in [3.05, 3.63) is 65.2 Å². The molecular formula is C21H24N6O. The van der Waals surface area contributed by atoms with E-state index in [2.05, 4.69) is 56.8 Å². The Morgan fingerprint density at radius 3 is 2.61 bits per heavy atom. The molecule has 0 saturated heterocycles. The summed E-state index contributed by atoms with van der Waals surface area (Å²) in [4.78, 5) is 16.4. The molecule has 1 N–H and O–H groups in total. The summed E-state index contributed by atoms with van der Waals surface area (Å²) in [5.41, 5.74) is 4.29. The molecule has 7 heteroatoms. The Labute approximate surface area is 164 Å². The molecule has 7 nitrogen and oxygen atoms in total. The number of fused-ring (bicyclic) bond motifs is 1. The van der Waals surface area contributed by atoms with Crippen molar-refractivity contribution in [2.75, 3.05) is 13.1 Å². The summed E-state index contributed by atoms with van der Waals surface area (Å²) in [6.45, 7) is 4.85. The zero-order valence-electron chi connectivity index (χ0n) is 16.2. The van der Waals surface area contributed by atoms with Gasteiger partial charge in [0.25, 0.3) is 5.91 Å². The molecule has 1 aliphatic rings. The third kappa shape index (κ3) is 4.09. The molecule has 0 radical (unpaired) electrons. The van der Waals surface area contributed by atoms with Gasteiger partial charge in [-0.1, -0.05) is 36.4 Å². The number of hydrogen-bond donors (Lipinski definition) is 1. The van der Waals surface area contributed by atoms with Gasteiger partial charge in [-0.3, -0.25) is 9.69 Å². The van der Waals surface area contributed by atoms with Crippen molar-refractivity contribution in [3.8, 4) is 11.4 Å². The molecule has 144 valence electrons. The van der Waals surface area contributed by atoms with Crippen LogP contribution in [0.15, 0.2) is 48.5 Å². The first-order valence-corrected chi connectivity index (χ1v) is 9.53. The molecule has 28 heavy (non-hydrogen) atoms. The van der Waals surface area contributed by atoms with Gasteiger partial charge in [0.1, 0.15) is 0 Å². The Morgan fingerprint density at radius 1 is 1.14 bits per heavy atom. The third-order valence-electron chi connectivity index (χ3n) is 5.03. The molecule has 3 aromatic rings. The Bertz CT molecular complexity index is 965. The fourth-order valence-corrected chi connectivity index (χ4v) is 3.62. The number of nitrogens with one attached hydrogen (secondary N) is 1. The predicted octanol–water partition coefficient (Wildman–Crippen LogP) is 2.05. The number of amides is 1. The van der Waals surface area contributed by atoms with Gasteiger partial charge in [0, 0.05) is 36.8 Å². The van der Waals surface area contributed by atoms with Crippen LogP contribution < -0.4 is 5.32 Å². The van der Waals surface area contributed by atoms with Gasteiger partial charge in [-0.05, 0) is 41.8 Å². The lowest BCUT2D eigenvalue weighted by Gasteiger charge is -2.31. The van der Waals surface area contributed by atoms with Crippen LogP contribution in [0.25, 0.3) is 11.4 Å². The summed E-state index contributed by atoms with van der Waals surface area (Å²) < 4.78 is 0.